The maximum atomic E-state index is 9.11. The van der Waals surface area contributed by atoms with Gasteiger partial charge in [-0.15, -0.1) is 0 Å². The topological polar surface area (TPSA) is 43.1 Å². The van der Waals surface area contributed by atoms with Crippen molar-refractivity contribution in [2.75, 3.05) is 6.54 Å². The van der Waals surface area contributed by atoms with Gasteiger partial charge in [0.25, 0.3) is 0 Å². The molecule has 0 fully saturated rings. The zero-order valence-electron chi connectivity index (χ0n) is 3.68. The van der Waals surface area contributed by atoms with Crippen molar-refractivity contribution in [1.82, 2.24) is 0 Å². The van der Waals surface area contributed by atoms with Crippen LogP contribution in [0.25, 0.3) is 0 Å². The van der Waals surface area contributed by atoms with E-state index in [0.717, 1.165) is 0 Å². The van der Waals surface area contributed by atoms with Crippen LogP contribution in [0.3, 0.4) is 0 Å². The second-order valence-corrected chi connectivity index (χ2v) is 0.556. The molecule has 0 aromatic heterocycles. The molecule has 0 aliphatic carbocycles. The molecule has 0 bridgehead atoms. The van der Waals surface area contributed by atoms with Gasteiger partial charge in [-0.05, 0) is 4.92 Å². The van der Waals surface area contributed by atoms with Crippen molar-refractivity contribution in [3.05, 3.63) is 17.0 Å². The van der Waals surface area contributed by atoms with Gasteiger partial charge < -0.3 is 0 Å². The first-order valence-corrected chi connectivity index (χ1v) is 1.18. The van der Waals surface area contributed by atoms with Crippen molar-refractivity contribution in [3.63, 3.8) is 0 Å². The van der Waals surface area contributed by atoms with E-state index in [0.29, 0.717) is 0 Å². The van der Waals surface area contributed by atoms with Gasteiger partial charge >= 0.3 is 29.6 Å². The summed E-state index contributed by atoms with van der Waals surface area (Å²) in [6.07, 6.45) is 0. The predicted molar refractivity (Wildman–Crippen MR) is 17.2 cm³/mol. The van der Waals surface area contributed by atoms with Gasteiger partial charge in [0.15, 0.2) is 0 Å². The van der Waals surface area contributed by atoms with E-state index in [2.05, 4.69) is 6.92 Å². The third kappa shape index (κ3) is 8.83. The Labute approximate surface area is 58.2 Å². The molecular weight excluding hydrogens is 93.0 g/mol. The first-order chi connectivity index (χ1) is 2.27. The Morgan fingerprint density at radius 3 is 2.00 bits per heavy atom. The van der Waals surface area contributed by atoms with Crippen molar-refractivity contribution in [1.29, 1.82) is 0 Å². The maximum Gasteiger partial charge on any atom is 1.00 e. The van der Waals surface area contributed by atoms with Crippen LogP contribution in [0.2, 0.25) is 0 Å². The molecule has 0 saturated heterocycles. The standard InChI is InChI=1S/C2H4NO2.Na/c1-2-3(4)5;/h1-2H2;/q-1;+1. The Morgan fingerprint density at radius 2 is 2.00 bits per heavy atom. The normalized spacial score (nSPS) is 6.17. The summed E-state index contributed by atoms with van der Waals surface area (Å²) >= 11 is 0. The van der Waals surface area contributed by atoms with E-state index in [1.807, 2.05) is 0 Å². The van der Waals surface area contributed by atoms with Gasteiger partial charge in [0.05, 0.1) is 6.54 Å². The van der Waals surface area contributed by atoms with Crippen molar-refractivity contribution in [2.24, 2.45) is 0 Å². The van der Waals surface area contributed by atoms with Crippen LogP contribution in [0.1, 0.15) is 0 Å². The van der Waals surface area contributed by atoms with Crippen molar-refractivity contribution in [2.45, 2.75) is 0 Å². The van der Waals surface area contributed by atoms with Crippen LogP contribution in [-0.2, 0) is 0 Å². The molecule has 4 heteroatoms. The van der Waals surface area contributed by atoms with E-state index in [9.17, 15) is 0 Å². The molecule has 0 atom stereocenters. The van der Waals surface area contributed by atoms with E-state index in [-0.39, 0.29) is 36.1 Å². The molecule has 0 aromatic carbocycles. The number of nitrogens with zero attached hydrogens (tertiary/aromatic N) is 1. The third-order valence-corrected chi connectivity index (χ3v) is 0.183. The van der Waals surface area contributed by atoms with Gasteiger partial charge in [-0.25, -0.2) is 0 Å². The molecule has 30 valence electrons. The number of hydrogen-bond donors (Lipinski definition) is 0. The Balaban J connectivity index is 0. The summed E-state index contributed by atoms with van der Waals surface area (Å²) in [5, 5.41) is 9.11. The summed E-state index contributed by atoms with van der Waals surface area (Å²) in [7, 11) is 0. The minimum atomic E-state index is -0.486. The van der Waals surface area contributed by atoms with Crippen LogP contribution in [-0.4, -0.2) is 11.5 Å². The number of hydrogen-bond acceptors (Lipinski definition) is 2. The molecular formula is C2H4NNaO2. The Bertz CT molecular complexity index is 46.8. The fourth-order valence-corrected chi connectivity index (χ4v) is 0. The molecule has 0 radical (unpaired) electrons. The van der Waals surface area contributed by atoms with Crippen LogP contribution in [0, 0.1) is 17.0 Å². The van der Waals surface area contributed by atoms with Crippen LogP contribution in [0.5, 0.6) is 0 Å². The summed E-state index contributed by atoms with van der Waals surface area (Å²) in [5.74, 6) is 0. The van der Waals surface area contributed by atoms with E-state index < -0.39 is 4.92 Å². The fraction of sp³-hybridized carbons (Fsp3) is 0.500. The molecule has 0 N–H and O–H groups in total. The van der Waals surface area contributed by atoms with E-state index >= 15 is 0 Å². The summed E-state index contributed by atoms with van der Waals surface area (Å²) in [4.78, 5) is 8.62. The van der Waals surface area contributed by atoms with Crippen molar-refractivity contribution >= 4 is 0 Å². The van der Waals surface area contributed by atoms with Gasteiger partial charge in [-0.2, -0.15) is 0 Å². The molecule has 3 nitrogen and oxygen atoms in total. The molecule has 0 aliphatic heterocycles. The van der Waals surface area contributed by atoms with Crippen molar-refractivity contribution in [3.8, 4) is 0 Å². The quantitative estimate of drug-likeness (QED) is 0.152. The van der Waals surface area contributed by atoms with Gasteiger partial charge in [0.2, 0.25) is 0 Å². The average Bonchev–Trinajstić information content (AvgIpc) is 1.38. The molecule has 0 amide bonds. The first-order valence-electron chi connectivity index (χ1n) is 1.18. The van der Waals surface area contributed by atoms with Gasteiger partial charge in [0, 0.05) is 0 Å². The molecule has 0 saturated carbocycles. The van der Waals surface area contributed by atoms with Crippen LogP contribution < -0.4 is 29.6 Å². The van der Waals surface area contributed by atoms with Gasteiger partial charge in [0.1, 0.15) is 0 Å². The predicted octanol–water partition coefficient (Wildman–Crippen LogP) is -2.90. The monoisotopic (exact) mass is 97.0 g/mol. The summed E-state index contributed by atoms with van der Waals surface area (Å²) in [6.45, 7) is 2.76. The number of nitro groups is 1. The fourth-order valence-electron chi connectivity index (χ4n) is 0. The van der Waals surface area contributed by atoms with Crippen LogP contribution in [0.15, 0.2) is 0 Å². The molecule has 0 aliphatic rings. The maximum absolute atomic E-state index is 9.11. The largest absolute Gasteiger partial charge is 1.00 e. The summed E-state index contributed by atoms with van der Waals surface area (Å²) < 4.78 is 0. The minimum Gasteiger partial charge on any atom is -0.273 e. The second kappa shape index (κ2) is 5.40. The summed E-state index contributed by atoms with van der Waals surface area (Å²) in [5.41, 5.74) is 0. The Kier molecular flexibility index (Phi) is 8.68. The van der Waals surface area contributed by atoms with E-state index in [4.69, 9.17) is 10.1 Å². The zero-order chi connectivity index (χ0) is 4.28. The average molecular weight is 97.0 g/mol. The first kappa shape index (κ1) is 9.64. The van der Waals surface area contributed by atoms with E-state index in [1.165, 1.54) is 0 Å². The number of rotatable bonds is 1. The molecule has 0 unspecified atom stereocenters. The molecule has 0 rings (SSSR count). The SMILES string of the molecule is [CH2-]C[N+](=O)[O-].[Na+]. The van der Waals surface area contributed by atoms with Gasteiger partial charge in [-0.1, -0.05) is 0 Å². The smallest absolute Gasteiger partial charge is 0.273 e. The molecule has 0 spiro atoms. The second-order valence-electron chi connectivity index (χ2n) is 0.556. The van der Waals surface area contributed by atoms with Crippen LogP contribution in [0.4, 0.5) is 0 Å². The minimum absolute atomic E-state index is 0. The van der Waals surface area contributed by atoms with Crippen LogP contribution >= 0.6 is 0 Å². The molecule has 6 heavy (non-hydrogen) atoms. The molecule has 0 heterocycles. The Hall–Kier alpha value is 0.400. The van der Waals surface area contributed by atoms with Crippen molar-refractivity contribution < 1.29 is 34.5 Å². The molecule has 0 aromatic rings. The van der Waals surface area contributed by atoms with E-state index in [1.54, 1.807) is 0 Å². The zero-order valence-corrected chi connectivity index (χ0v) is 5.68. The Morgan fingerprint density at radius 1 is 1.83 bits per heavy atom. The van der Waals surface area contributed by atoms with Gasteiger partial charge in [-0.3, -0.25) is 17.0 Å². The summed E-state index contributed by atoms with van der Waals surface area (Å²) in [6, 6.07) is 0. The third-order valence-electron chi connectivity index (χ3n) is 0.183.